The first-order valence-electron chi connectivity index (χ1n) is 4.51. The molecular formula is C10H9IN2O2. The standard InChI is InChI=1S/C10H9IN2O2/c1-2-15-10(14)8-5-7(11)6-13-4-3-12-9(8)13/h3-6H,2H2,1H3. The van der Waals surface area contributed by atoms with Crippen LogP contribution in [0.3, 0.4) is 0 Å². The number of ether oxygens (including phenoxy) is 1. The lowest BCUT2D eigenvalue weighted by Crippen LogP contribution is -2.07. The highest BCUT2D eigenvalue weighted by Crippen LogP contribution is 2.14. The van der Waals surface area contributed by atoms with Crippen molar-refractivity contribution >= 4 is 34.2 Å². The first kappa shape index (κ1) is 10.4. The fourth-order valence-electron chi connectivity index (χ4n) is 1.36. The maximum atomic E-state index is 11.6. The van der Waals surface area contributed by atoms with Crippen molar-refractivity contribution in [3.8, 4) is 0 Å². The third-order valence-electron chi connectivity index (χ3n) is 1.95. The second-order valence-corrected chi connectivity index (χ2v) is 4.20. The SMILES string of the molecule is CCOC(=O)c1cc(I)cn2ccnc12. The van der Waals surface area contributed by atoms with E-state index in [0.717, 1.165) is 3.57 Å². The van der Waals surface area contributed by atoms with Gasteiger partial charge in [0, 0.05) is 22.2 Å². The van der Waals surface area contributed by atoms with E-state index in [0.29, 0.717) is 17.8 Å². The van der Waals surface area contributed by atoms with E-state index in [2.05, 4.69) is 27.6 Å². The molecular weight excluding hydrogens is 307 g/mol. The number of aromatic nitrogens is 2. The summed E-state index contributed by atoms with van der Waals surface area (Å²) in [5.74, 6) is -0.327. The van der Waals surface area contributed by atoms with Crippen LogP contribution in [0.1, 0.15) is 17.3 Å². The minimum Gasteiger partial charge on any atom is -0.462 e. The summed E-state index contributed by atoms with van der Waals surface area (Å²) in [6.45, 7) is 2.16. The number of rotatable bonds is 2. The lowest BCUT2D eigenvalue weighted by molar-refractivity contribution is 0.0528. The predicted molar refractivity (Wildman–Crippen MR) is 63.9 cm³/mol. The van der Waals surface area contributed by atoms with Crippen molar-refractivity contribution in [1.82, 2.24) is 9.38 Å². The Balaban J connectivity index is 2.57. The zero-order chi connectivity index (χ0) is 10.8. The summed E-state index contributed by atoms with van der Waals surface area (Å²) in [6, 6.07) is 1.78. The molecule has 0 aliphatic rings. The minimum absolute atomic E-state index is 0.327. The zero-order valence-electron chi connectivity index (χ0n) is 8.11. The minimum atomic E-state index is -0.327. The van der Waals surface area contributed by atoms with Crippen molar-refractivity contribution in [3.63, 3.8) is 0 Å². The Morgan fingerprint density at radius 2 is 2.47 bits per heavy atom. The number of halogens is 1. The van der Waals surface area contributed by atoms with Gasteiger partial charge in [0.05, 0.1) is 6.61 Å². The molecule has 0 spiro atoms. The van der Waals surface area contributed by atoms with Crippen molar-refractivity contribution in [2.24, 2.45) is 0 Å². The molecule has 0 amide bonds. The van der Waals surface area contributed by atoms with Crippen LogP contribution in [0, 0.1) is 3.57 Å². The number of nitrogens with zero attached hydrogens (tertiary/aromatic N) is 2. The molecule has 0 saturated heterocycles. The van der Waals surface area contributed by atoms with Gasteiger partial charge >= 0.3 is 5.97 Å². The van der Waals surface area contributed by atoms with E-state index in [4.69, 9.17) is 4.74 Å². The third kappa shape index (κ3) is 1.97. The number of carbonyl (C=O) groups is 1. The smallest absolute Gasteiger partial charge is 0.341 e. The van der Waals surface area contributed by atoms with E-state index in [1.54, 1.807) is 25.4 Å². The molecule has 0 saturated carbocycles. The molecule has 2 aromatic rings. The van der Waals surface area contributed by atoms with Gasteiger partial charge in [0.2, 0.25) is 0 Å². The van der Waals surface area contributed by atoms with Gasteiger partial charge in [-0.15, -0.1) is 0 Å². The van der Waals surface area contributed by atoms with Crippen LogP contribution in [0.5, 0.6) is 0 Å². The lowest BCUT2D eigenvalue weighted by atomic mass is 10.3. The van der Waals surface area contributed by atoms with Crippen LogP contribution < -0.4 is 0 Å². The Morgan fingerprint density at radius 1 is 1.67 bits per heavy atom. The van der Waals surface area contributed by atoms with Gasteiger partial charge in [0.1, 0.15) is 5.56 Å². The topological polar surface area (TPSA) is 43.6 Å². The van der Waals surface area contributed by atoms with Crippen molar-refractivity contribution < 1.29 is 9.53 Å². The summed E-state index contributed by atoms with van der Waals surface area (Å²) in [5, 5.41) is 0. The molecule has 2 heterocycles. The second-order valence-electron chi connectivity index (χ2n) is 2.95. The average molecular weight is 316 g/mol. The third-order valence-corrected chi connectivity index (χ3v) is 2.54. The Kier molecular flexibility index (Phi) is 2.90. The van der Waals surface area contributed by atoms with E-state index in [9.17, 15) is 4.79 Å². The molecule has 4 nitrogen and oxygen atoms in total. The number of carbonyl (C=O) groups excluding carboxylic acids is 1. The highest BCUT2D eigenvalue weighted by Gasteiger charge is 2.13. The monoisotopic (exact) mass is 316 g/mol. The van der Waals surface area contributed by atoms with Gasteiger partial charge in [-0.3, -0.25) is 0 Å². The van der Waals surface area contributed by atoms with Gasteiger partial charge < -0.3 is 9.14 Å². The molecule has 0 N–H and O–H groups in total. The van der Waals surface area contributed by atoms with Crippen LogP contribution in [-0.2, 0) is 4.74 Å². The van der Waals surface area contributed by atoms with Gasteiger partial charge in [0.15, 0.2) is 5.65 Å². The molecule has 2 rings (SSSR count). The number of esters is 1. The van der Waals surface area contributed by atoms with Gasteiger partial charge in [-0.25, -0.2) is 9.78 Å². The van der Waals surface area contributed by atoms with Crippen molar-refractivity contribution in [1.29, 1.82) is 0 Å². The van der Waals surface area contributed by atoms with E-state index < -0.39 is 0 Å². The van der Waals surface area contributed by atoms with Crippen LogP contribution in [0.4, 0.5) is 0 Å². The summed E-state index contributed by atoms with van der Waals surface area (Å²) in [7, 11) is 0. The first-order valence-corrected chi connectivity index (χ1v) is 5.59. The Labute approximate surface area is 100 Å². The largest absolute Gasteiger partial charge is 0.462 e. The van der Waals surface area contributed by atoms with Gasteiger partial charge in [-0.2, -0.15) is 0 Å². The Morgan fingerprint density at radius 3 is 3.20 bits per heavy atom. The Bertz CT molecular complexity index is 507. The molecule has 5 heteroatoms. The number of imidazole rings is 1. The van der Waals surface area contributed by atoms with E-state index >= 15 is 0 Å². The summed E-state index contributed by atoms with van der Waals surface area (Å²) < 4.78 is 7.75. The molecule has 0 bridgehead atoms. The number of hydrogen-bond donors (Lipinski definition) is 0. The zero-order valence-corrected chi connectivity index (χ0v) is 10.3. The molecule has 0 aromatic carbocycles. The highest BCUT2D eigenvalue weighted by molar-refractivity contribution is 14.1. The number of pyridine rings is 1. The normalized spacial score (nSPS) is 10.5. The molecule has 0 unspecified atom stereocenters. The van der Waals surface area contributed by atoms with E-state index in [-0.39, 0.29) is 5.97 Å². The predicted octanol–water partition coefficient (Wildman–Crippen LogP) is 2.12. The van der Waals surface area contributed by atoms with Crippen LogP contribution in [-0.4, -0.2) is 22.0 Å². The fourth-order valence-corrected chi connectivity index (χ4v) is 1.97. The highest BCUT2D eigenvalue weighted by atomic mass is 127. The summed E-state index contributed by atoms with van der Waals surface area (Å²) >= 11 is 2.16. The van der Waals surface area contributed by atoms with Gasteiger partial charge in [0.25, 0.3) is 0 Å². The van der Waals surface area contributed by atoms with Gasteiger partial charge in [-0.1, -0.05) is 0 Å². The number of fused-ring (bicyclic) bond motifs is 1. The second kappa shape index (κ2) is 4.18. The van der Waals surface area contributed by atoms with Crippen LogP contribution in [0.25, 0.3) is 5.65 Å². The lowest BCUT2D eigenvalue weighted by Gasteiger charge is -2.04. The molecule has 15 heavy (non-hydrogen) atoms. The maximum absolute atomic E-state index is 11.6. The molecule has 0 radical (unpaired) electrons. The quantitative estimate of drug-likeness (QED) is 0.630. The molecule has 78 valence electrons. The molecule has 0 atom stereocenters. The van der Waals surface area contributed by atoms with Crippen molar-refractivity contribution in [2.45, 2.75) is 6.92 Å². The van der Waals surface area contributed by atoms with Crippen LogP contribution in [0.2, 0.25) is 0 Å². The molecule has 0 aliphatic heterocycles. The van der Waals surface area contributed by atoms with Crippen molar-refractivity contribution in [2.75, 3.05) is 6.61 Å². The summed E-state index contributed by atoms with van der Waals surface area (Å²) in [5.41, 5.74) is 1.14. The van der Waals surface area contributed by atoms with Crippen LogP contribution >= 0.6 is 22.6 Å². The summed E-state index contributed by atoms with van der Waals surface area (Å²) in [6.07, 6.45) is 5.37. The van der Waals surface area contributed by atoms with Gasteiger partial charge in [-0.05, 0) is 35.6 Å². The fraction of sp³-hybridized carbons (Fsp3) is 0.200. The summed E-state index contributed by atoms with van der Waals surface area (Å²) in [4.78, 5) is 15.8. The molecule has 0 aliphatic carbocycles. The average Bonchev–Trinajstić information content (AvgIpc) is 2.64. The Hall–Kier alpha value is -1.11. The molecule has 0 fully saturated rings. The van der Waals surface area contributed by atoms with E-state index in [1.807, 2.05) is 10.6 Å². The van der Waals surface area contributed by atoms with E-state index in [1.165, 1.54) is 0 Å². The van der Waals surface area contributed by atoms with Crippen LogP contribution in [0.15, 0.2) is 24.7 Å². The maximum Gasteiger partial charge on any atom is 0.341 e. The first-order chi connectivity index (χ1) is 7.22. The van der Waals surface area contributed by atoms with Crippen molar-refractivity contribution in [3.05, 3.63) is 33.8 Å². The molecule has 2 aromatic heterocycles. The number of hydrogen-bond acceptors (Lipinski definition) is 3.